The van der Waals surface area contributed by atoms with Gasteiger partial charge in [-0.2, -0.15) is 0 Å². The largest absolute Gasteiger partial charge is 0.496 e. The van der Waals surface area contributed by atoms with Crippen molar-refractivity contribution in [2.45, 2.75) is 85.5 Å². The predicted molar refractivity (Wildman–Crippen MR) is 122 cm³/mol. The van der Waals surface area contributed by atoms with Crippen LogP contribution in [0.4, 0.5) is 0 Å². The van der Waals surface area contributed by atoms with Crippen molar-refractivity contribution < 1.29 is 9.16 Å². The molecule has 0 N–H and O–H groups in total. The summed E-state index contributed by atoms with van der Waals surface area (Å²) in [6.07, 6.45) is 1.96. The van der Waals surface area contributed by atoms with Crippen molar-refractivity contribution in [3.8, 4) is 5.75 Å². The summed E-state index contributed by atoms with van der Waals surface area (Å²) in [6, 6.07) is 6.98. The Hall–Kier alpha value is -0.223. The topological polar surface area (TPSA) is 18.5 Å². The predicted octanol–water partition coefficient (Wildman–Crippen LogP) is 8.53. The molecule has 2 atom stereocenters. The third-order valence-electron chi connectivity index (χ3n) is 6.26. The molecule has 1 aromatic rings. The molecule has 0 saturated carbocycles. The van der Waals surface area contributed by atoms with Gasteiger partial charge in [0.2, 0.25) is 0 Å². The lowest BCUT2D eigenvalue weighted by Crippen LogP contribution is -2.37. The van der Waals surface area contributed by atoms with Gasteiger partial charge < -0.3 is 9.16 Å². The maximum atomic E-state index is 6.93. The van der Waals surface area contributed by atoms with Crippen molar-refractivity contribution in [2.24, 2.45) is 11.3 Å². The molecule has 0 spiro atoms. The van der Waals surface area contributed by atoms with Crippen molar-refractivity contribution in [1.82, 2.24) is 0 Å². The quantitative estimate of drug-likeness (QED) is 0.344. The van der Waals surface area contributed by atoms with Gasteiger partial charge in [-0.05, 0) is 54.4 Å². The van der Waals surface area contributed by atoms with Gasteiger partial charge in [-0.3, -0.25) is 0 Å². The Morgan fingerprint density at radius 3 is 2.00 bits per heavy atom. The second-order valence-electron chi connectivity index (χ2n) is 8.70. The SMILES string of the molecule is CC[Si](CC)(CC)OC(CC[C@@H](C)C(C)(C)C)c1c(Cl)cc(Cl)cc1OC. The summed E-state index contributed by atoms with van der Waals surface area (Å²) in [6.45, 7) is 16.0. The van der Waals surface area contributed by atoms with Crippen LogP contribution in [-0.4, -0.2) is 15.4 Å². The van der Waals surface area contributed by atoms with Crippen molar-refractivity contribution in [1.29, 1.82) is 0 Å². The highest BCUT2D eigenvalue weighted by Crippen LogP contribution is 2.43. The van der Waals surface area contributed by atoms with Gasteiger partial charge in [-0.15, -0.1) is 0 Å². The van der Waals surface area contributed by atoms with Crippen LogP contribution in [0.2, 0.25) is 28.2 Å². The Morgan fingerprint density at radius 1 is 1.00 bits per heavy atom. The Labute approximate surface area is 178 Å². The van der Waals surface area contributed by atoms with Crippen LogP contribution in [0.3, 0.4) is 0 Å². The molecule has 0 fully saturated rings. The summed E-state index contributed by atoms with van der Waals surface area (Å²) in [5.41, 5.74) is 1.23. The third kappa shape index (κ3) is 6.66. The van der Waals surface area contributed by atoms with Crippen LogP contribution in [0.25, 0.3) is 0 Å². The number of ether oxygens (including phenoxy) is 1. The lowest BCUT2D eigenvalue weighted by atomic mass is 9.79. The van der Waals surface area contributed by atoms with Gasteiger partial charge >= 0.3 is 0 Å². The Bertz CT molecular complexity index is 586. The molecular formula is C22H38Cl2O2Si. The van der Waals surface area contributed by atoms with Crippen LogP contribution in [0, 0.1) is 11.3 Å². The fourth-order valence-electron chi connectivity index (χ4n) is 3.44. The number of methoxy groups -OCH3 is 1. The minimum Gasteiger partial charge on any atom is -0.496 e. The highest BCUT2D eigenvalue weighted by molar-refractivity contribution is 6.73. The summed E-state index contributed by atoms with van der Waals surface area (Å²) in [7, 11) is -0.129. The number of rotatable bonds is 10. The minimum atomic E-state index is -1.80. The maximum absolute atomic E-state index is 6.93. The van der Waals surface area contributed by atoms with Crippen LogP contribution in [0.1, 0.15) is 73.0 Å². The number of hydrogen-bond donors (Lipinski definition) is 0. The summed E-state index contributed by atoms with van der Waals surface area (Å²) in [5, 5.41) is 1.23. The van der Waals surface area contributed by atoms with Crippen LogP contribution in [0.5, 0.6) is 5.75 Å². The van der Waals surface area contributed by atoms with E-state index < -0.39 is 8.32 Å². The fraction of sp³-hybridized carbons (Fsp3) is 0.727. The maximum Gasteiger partial charge on any atom is 0.192 e. The Morgan fingerprint density at radius 2 is 1.56 bits per heavy atom. The minimum absolute atomic E-state index is 0.0546. The van der Waals surface area contributed by atoms with Crippen LogP contribution < -0.4 is 4.74 Å². The first-order valence-electron chi connectivity index (χ1n) is 10.2. The van der Waals surface area contributed by atoms with Gasteiger partial charge in [-0.25, -0.2) is 0 Å². The molecule has 0 amide bonds. The molecule has 27 heavy (non-hydrogen) atoms. The van der Waals surface area contributed by atoms with E-state index in [-0.39, 0.29) is 11.5 Å². The van der Waals surface area contributed by atoms with Crippen LogP contribution in [-0.2, 0) is 4.43 Å². The van der Waals surface area contributed by atoms with Gasteiger partial charge in [0.25, 0.3) is 0 Å². The van der Waals surface area contributed by atoms with Gasteiger partial charge in [0.05, 0.1) is 18.2 Å². The normalized spacial score (nSPS) is 14.9. The number of halogens is 2. The van der Waals surface area contributed by atoms with E-state index >= 15 is 0 Å². The Balaban J connectivity index is 3.30. The van der Waals surface area contributed by atoms with Gasteiger partial charge in [-0.1, -0.05) is 71.7 Å². The average Bonchev–Trinajstić information content (AvgIpc) is 2.61. The van der Waals surface area contributed by atoms with Gasteiger partial charge in [0.1, 0.15) is 5.75 Å². The van der Waals surface area contributed by atoms with E-state index in [1.807, 2.05) is 6.07 Å². The molecule has 0 heterocycles. The van der Waals surface area contributed by atoms with E-state index in [1.54, 1.807) is 13.2 Å². The second-order valence-corrected chi connectivity index (χ2v) is 14.3. The van der Waals surface area contributed by atoms with Crippen molar-refractivity contribution >= 4 is 31.5 Å². The zero-order valence-electron chi connectivity index (χ0n) is 18.4. The molecule has 5 heteroatoms. The fourth-order valence-corrected chi connectivity index (χ4v) is 6.88. The molecule has 0 aliphatic carbocycles. The monoisotopic (exact) mass is 432 g/mol. The van der Waals surface area contributed by atoms with Crippen molar-refractivity contribution in [2.75, 3.05) is 7.11 Å². The molecule has 1 unspecified atom stereocenters. The van der Waals surface area contributed by atoms with E-state index in [0.717, 1.165) is 42.3 Å². The third-order valence-corrected chi connectivity index (χ3v) is 11.4. The highest BCUT2D eigenvalue weighted by atomic mass is 35.5. The molecule has 0 bridgehead atoms. The summed E-state index contributed by atoms with van der Waals surface area (Å²) >= 11 is 12.9. The molecule has 0 aromatic heterocycles. The zero-order valence-corrected chi connectivity index (χ0v) is 20.9. The smallest absolute Gasteiger partial charge is 0.192 e. The Kier molecular flexibility index (Phi) is 9.67. The first-order chi connectivity index (χ1) is 12.5. The first-order valence-corrected chi connectivity index (χ1v) is 13.5. The average molecular weight is 434 g/mol. The second kappa shape index (κ2) is 10.5. The summed E-state index contributed by atoms with van der Waals surface area (Å²) in [4.78, 5) is 0. The van der Waals surface area contributed by atoms with E-state index in [1.165, 1.54) is 0 Å². The molecule has 156 valence electrons. The van der Waals surface area contributed by atoms with E-state index in [2.05, 4.69) is 48.5 Å². The van der Waals surface area contributed by atoms with Gasteiger partial charge in [0.15, 0.2) is 8.32 Å². The molecular weight excluding hydrogens is 395 g/mol. The summed E-state index contributed by atoms with van der Waals surface area (Å²) in [5.74, 6) is 1.31. The zero-order chi connectivity index (χ0) is 20.8. The summed E-state index contributed by atoms with van der Waals surface area (Å²) < 4.78 is 12.6. The molecule has 1 rings (SSSR count). The molecule has 2 nitrogen and oxygen atoms in total. The molecule has 0 radical (unpaired) electrons. The lowest BCUT2D eigenvalue weighted by molar-refractivity contribution is 0.147. The van der Waals surface area contributed by atoms with E-state index in [9.17, 15) is 0 Å². The molecule has 1 aromatic carbocycles. The standard InChI is InChI=1S/C22H38Cl2O2Si/c1-9-27(10-2,11-3)26-19(13-12-16(4)22(5,6)7)21-18(24)14-17(23)15-20(21)25-8/h14-16,19H,9-13H2,1-8H3/t16-,19?/m1/s1. The molecule has 0 aliphatic heterocycles. The number of benzene rings is 1. The van der Waals surface area contributed by atoms with Gasteiger partial charge in [0, 0.05) is 10.6 Å². The number of hydrogen-bond acceptors (Lipinski definition) is 2. The van der Waals surface area contributed by atoms with Crippen LogP contribution >= 0.6 is 23.2 Å². The first kappa shape index (κ1) is 24.8. The lowest BCUT2D eigenvalue weighted by Gasteiger charge is -2.36. The molecule has 0 aliphatic rings. The van der Waals surface area contributed by atoms with E-state index in [4.69, 9.17) is 32.4 Å². The van der Waals surface area contributed by atoms with Crippen molar-refractivity contribution in [3.63, 3.8) is 0 Å². The molecule has 0 saturated heterocycles. The van der Waals surface area contributed by atoms with Crippen molar-refractivity contribution in [3.05, 3.63) is 27.7 Å². The van der Waals surface area contributed by atoms with Crippen LogP contribution in [0.15, 0.2) is 12.1 Å². The van der Waals surface area contributed by atoms with E-state index in [0.29, 0.717) is 16.0 Å². The highest BCUT2D eigenvalue weighted by Gasteiger charge is 2.35.